The Labute approximate surface area is 119 Å². The predicted molar refractivity (Wildman–Crippen MR) is 78.8 cm³/mol. The minimum absolute atomic E-state index is 0.0543. The van der Waals surface area contributed by atoms with Gasteiger partial charge in [-0.15, -0.1) is 0 Å². The zero-order valence-corrected chi connectivity index (χ0v) is 11.0. The van der Waals surface area contributed by atoms with Crippen molar-refractivity contribution in [2.75, 3.05) is 0 Å². The third kappa shape index (κ3) is 2.21. The summed E-state index contributed by atoms with van der Waals surface area (Å²) in [5.41, 5.74) is 2.45. The van der Waals surface area contributed by atoms with Crippen LogP contribution in [0, 0.1) is 10.1 Å². The number of para-hydroxylation sites is 1. The smallest absolute Gasteiger partial charge is 0.258 e. The molecule has 98 valence electrons. The summed E-state index contributed by atoms with van der Waals surface area (Å²) in [6.07, 6.45) is 0. The summed E-state index contributed by atoms with van der Waals surface area (Å²) >= 11 is 6.20. The molecule has 0 saturated heterocycles. The number of pyridine rings is 1. The number of rotatable bonds is 2. The number of aromatic nitrogens is 1. The molecule has 5 heteroatoms. The number of nitro benzene ring substituents is 1. The second-order valence-corrected chi connectivity index (χ2v) is 4.68. The van der Waals surface area contributed by atoms with E-state index < -0.39 is 4.92 Å². The van der Waals surface area contributed by atoms with Crippen LogP contribution in [0.2, 0.25) is 5.15 Å². The lowest BCUT2D eigenvalue weighted by Gasteiger charge is -2.06. The van der Waals surface area contributed by atoms with E-state index in [1.54, 1.807) is 12.1 Å². The van der Waals surface area contributed by atoms with Crippen molar-refractivity contribution in [1.29, 1.82) is 0 Å². The van der Waals surface area contributed by atoms with Crippen LogP contribution in [0.4, 0.5) is 5.69 Å². The maximum absolute atomic E-state index is 10.7. The quantitative estimate of drug-likeness (QED) is 0.396. The number of hydrogen-bond acceptors (Lipinski definition) is 3. The minimum atomic E-state index is -0.427. The Morgan fingerprint density at radius 3 is 2.45 bits per heavy atom. The van der Waals surface area contributed by atoms with Gasteiger partial charge in [0.15, 0.2) is 0 Å². The zero-order valence-electron chi connectivity index (χ0n) is 10.3. The molecule has 0 aliphatic heterocycles. The molecule has 0 bridgehead atoms. The van der Waals surface area contributed by atoms with E-state index in [2.05, 4.69) is 4.98 Å². The number of nitro groups is 1. The van der Waals surface area contributed by atoms with Crippen molar-refractivity contribution in [3.05, 3.63) is 69.9 Å². The highest BCUT2D eigenvalue weighted by Gasteiger charge is 2.09. The van der Waals surface area contributed by atoms with Gasteiger partial charge in [-0.05, 0) is 29.8 Å². The molecule has 0 aliphatic carbocycles. The summed E-state index contributed by atoms with van der Waals surface area (Å²) in [7, 11) is 0. The second kappa shape index (κ2) is 4.90. The Bertz CT molecular complexity index is 801. The van der Waals surface area contributed by atoms with Crippen molar-refractivity contribution in [1.82, 2.24) is 4.98 Å². The molecule has 1 heterocycles. The van der Waals surface area contributed by atoms with Crippen LogP contribution in [0.5, 0.6) is 0 Å². The molecule has 0 radical (unpaired) electrons. The molecule has 3 rings (SSSR count). The fourth-order valence-corrected chi connectivity index (χ4v) is 2.31. The first-order chi connectivity index (χ1) is 9.65. The van der Waals surface area contributed by atoms with E-state index in [0.717, 1.165) is 22.0 Å². The number of benzene rings is 2. The van der Waals surface area contributed by atoms with Crippen molar-refractivity contribution >= 4 is 28.2 Å². The van der Waals surface area contributed by atoms with E-state index in [1.165, 1.54) is 12.1 Å². The Balaban J connectivity index is 2.13. The van der Waals surface area contributed by atoms with E-state index in [1.807, 2.05) is 30.3 Å². The van der Waals surface area contributed by atoms with Crippen molar-refractivity contribution in [2.45, 2.75) is 0 Å². The van der Waals surface area contributed by atoms with Crippen LogP contribution in [-0.4, -0.2) is 9.91 Å². The maximum atomic E-state index is 10.7. The van der Waals surface area contributed by atoms with Crippen LogP contribution in [0.1, 0.15) is 0 Å². The van der Waals surface area contributed by atoms with Crippen LogP contribution in [0.3, 0.4) is 0 Å². The zero-order chi connectivity index (χ0) is 14.1. The van der Waals surface area contributed by atoms with Gasteiger partial charge >= 0.3 is 0 Å². The van der Waals surface area contributed by atoms with E-state index in [4.69, 9.17) is 11.6 Å². The van der Waals surface area contributed by atoms with Gasteiger partial charge in [0.1, 0.15) is 5.15 Å². The lowest BCUT2D eigenvalue weighted by molar-refractivity contribution is -0.384. The average molecular weight is 285 g/mol. The molecule has 0 N–H and O–H groups in total. The Morgan fingerprint density at radius 1 is 1.05 bits per heavy atom. The Hall–Kier alpha value is -2.46. The van der Waals surface area contributed by atoms with Crippen molar-refractivity contribution < 1.29 is 4.92 Å². The van der Waals surface area contributed by atoms with Crippen LogP contribution in [-0.2, 0) is 0 Å². The summed E-state index contributed by atoms with van der Waals surface area (Å²) in [4.78, 5) is 14.6. The van der Waals surface area contributed by atoms with E-state index in [0.29, 0.717) is 5.15 Å². The first-order valence-electron chi connectivity index (χ1n) is 5.95. The number of fused-ring (bicyclic) bond motifs is 1. The normalized spacial score (nSPS) is 10.7. The third-order valence-electron chi connectivity index (χ3n) is 3.07. The van der Waals surface area contributed by atoms with Crippen molar-refractivity contribution in [3.63, 3.8) is 0 Å². The van der Waals surface area contributed by atoms with Gasteiger partial charge in [-0.1, -0.05) is 29.8 Å². The Morgan fingerprint density at radius 2 is 1.75 bits per heavy atom. The minimum Gasteiger partial charge on any atom is -0.258 e. The lowest BCUT2D eigenvalue weighted by atomic mass is 10.1. The molecule has 0 amide bonds. The summed E-state index contributed by atoms with van der Waals surface area (Å²) in [5, 5.41) is 12.0. The molecule has 4 nitrogen and oxygen atoms in total. The summed E-state index contributed by atoms with van der Waals surface area (Å²) < 4.78 is 0. The van der Waals surface area contributed by atoms with Crippen LogP contribution < -0.4 is 0 Å². The number of hydrogen-bond donors (Lipinski definition) is 0. The Kier molecular flexibility index (Phi) is 3.08. The standard InChI is InChI=1S/C15H9ClN2O2/c16-15-13(9-11-3-1-2-4-14(11)17-15)10-5-7-12(8-6-10)18(19)20/h1-9H. The van der Waals surface area contributed by atoms with Gasteiger partial charge in [0.05, 0.1) is 10.4 Å². The topological polar surface area (TPSA) is 56.0 Å². The second-order valence-electron chi connectivity index (χ2n) is 4.32. The lowest BCUT2D eigenvalue weighted by Crippen LogP contribution is -1.89. The monoisotopic (exact) mass is 284 g/mol. The molecule has 0 unspecified atom stereocenters. The van der Waals surface area contributed by atoms with Gasteiger partial charge in [-0.2, -0.15) is 0 Å². The summed E-state index contributed by atoms with van der Waals surface area (Å²) in [6.45, 7) is 0. The van der Waals surface area contributed by atoms with Gasteiger partial charge in [-0.25, -0.2) is 4.98 Å². The van der Waals surface area contributed by atoms with Crippen molar-refractivity contribution in [2.24, 2.45) is 0 Å². The van der Waals surface area contributed by atoms with Crippen molar-refractivity contribution in [3.8, 4) is 11.1 Å². The average Bonchev–Trinajstić information content (AvgIpc) is 2.46. The van der Waals surface area contributed by atoms with E-state index >= 15 is 0 Å². The highest BCUT2D eigenvalue weighted by atomic mass is 35.5. The largest absolute Gasteiger partial charge is 0.269 e. The number of non-ortho nitro benzene ring substituents is 1. The molecule has 1 aromatic heterocycles. The first kappa shape index (κ1) is 12.6. The summed E-state index contributed by atoms with van der Waals surface area (Å²) in [6, 6.07) is 15.9. The van der Waals surface area contributed by atoms with Gasteiger partial charge < -0.3 is 0 Å². The fourth-order valence-electron chi connectivity index (χ4n) is 2.06. The number of halogens is 1. The van der Waals surface area contributed by atoms with E-state index in [-0.39, 0.29) is 5.69 Å². The molecule has 20 heavy (non-hydrogen) atoms. The summed E-state index contributed by atoms with van der Waals surface area (Å²) in [5.74, 6) is 0. The molecule has 0 saturated carbocycles. The third-order valence-corrected chi connectivity index (χ3v) is 3.35. The maximum Gasteiger partial charge on any atom is 0.269 e. The van der Waals surface area contributed by atoms with Gasteiger partial charge in [0, 0.05) is 23.1 Å². The molecule has 0 spiro atoms. The molecule has 0 aliphatic rings. The van der Waals surface area contributed by atoms with Crippen LogP contribution in [0.25, 0.3) is 22.0 Å². The fraction of sp³-hybridized carbons (Fsp3) is 0. The van der Waals surface area contributed by atoms with Gasteiger partial charge in [0.25, 0.3) is 5.69 Å². The first-order valence-corrected chi connectivity index (χ1v) is 6.33. The molecule has 0 atom stereocenters. The molecule has 2 aromatic carbocycles. The molecule has 3 aromatic rings. The SMILES string of the molecule is O=[N+]([O-])c1ccc(-c2cc3ccccc3nc2Cl)cc1. The molecular formula is C15H9ClN2O2. The predicted octanol–water partition coefficient (Wildman–Crippen LogP) is 4.46. The number of nitrogens with zero attached hydrogens (tertiary/aromatic N) is 2. The van der Waals surface area contributed by atoms with Gasteiger partial charge in [-0.3, -0.25) is 10.1 Å². The molecule has 0 fully saturated rings. The van der Waals surface area contributed by atoms with Crippen LogP contribution >= 0.6 is 11.6 Å². The van der Waals surface area contributed by atoms with Gasteiger partial charge in [0.2, 0.25) is 0 Å². The molecular weight excluding hydrogens is 276 g/mol. The van der Waals surface area contributed by atoms with E-state index in [9.17, 15) is 10.1 Å². The highest BCUT2D eigenvalue weighted by Crippen LogP contribution is 2.30. The highest BCUT2D eigenvalue weighted by molar-refractivity contribution is 6.32. The van der Waals surface area contributed by atoms with Crippen LogP contribution in [0.15, 0.2) is 54.6 Å².